The average molecular weight is 306 g/mol. The summed E-state index contributed by atoms with van der Waals surface area (Å²) in [5.41, 5.74) is 2.05. The molecule has 21 heavy (non-hydrogen) atoms. The minimum Gasteiger partial charge on any atom is -0.478 e. The average Bonchev–Trinajstić information content (AvgIpc) is 2.94. The van der Waals surface area contributed by atoms with E-state index in [-0.39, 0.29) is 11.6 Å². The SMILES string of the molecule is COC[C@@H](c1nc(-c2ccc(C(=O)O)cc2)cs1)N(C)C. The van der Waals surface area contributed by atoms with Crippen LogP contribution in [-0.2, 0) is 4.74 Å². The van der Waals surface area contributed by atoms with E-state index in [0.717, 1.165) is 16.3 Å². The molecule has 0 radical (unpaired) electrons. The van der Waals surface area contributed by atoms with Crippen LogP contribution in [0.1, 0.15) is 21.4 Å². The second-order valence-electron chi connectivity index (χ2n) is 4.89. The zero-order valence-corrected chi connectivity index (χ0v) is 13.1. The molecule has 0 amide bonds. The van der Waals surface area contributed by atoms with Gasteiger partial charge >= 0.3 is 5.97 Å². The van der Waals surface area contributed by atoms with Crippen LogP contribution in [0.25, 0.3) is 11.3 Å². The van der Waals surface area contributed by atoms with Gasteiger partial charge in [0, 0.05) is 18.1 Å². The molecule has 0 bridgehead atoms. The highest BCUT2D eigenvalue weighted by Gasteiger charge is 2.18. The summed E-state index contributed by atoms with van der Waals surface area (Å²) in [7, 11) is 5.66. The summed E-state index contributed by atoms with van der Waals surface area (Å²) in [4.78, 5) is 17.6. The number of aromatic carboxylic acids is 1. The van der Waals surface area contributed by atoms with E-state index >= 15 is 0 Å². The number of nitrogens with zero attached hydrogens (tertiary/aromatic N) is 2. The van der Waals surface area contributed by atoms with Gasteiger partial charge in [-0.15, -0.1) is 11.3 Å². The number of hydrogen-bond donors (Lipinski definition) is 1. The van der Waals surface area contributed by atoms with Gasteiger partial charge < -0.3 is 9.84 Å². The van der Waals surface area contributed by atoms with Crippen LogP contribution in [0.3, 0.4) is 0 Å². The van der Waals surface area contributed by atoms with Crippen molar-refractivity contribution in [2.24, 2.45) is 0 Å². The third kappa shape index (κ3) is 3.66. The van der Waals surface area contributed by atoms with Crippen LogP contribution in [0.4, 0.5) is 0 Å². The lowest BCUT2D eigenvalue weighted by Crippen LogP contribution is -2.23. The van der Waals surface area contributed by atoms with Gasteiger partial charge in [-0.2, -0.15) is 0 Å². The van der Waals surface area contributed by atoms with Gasteiger partial charge in [0.15, 0.2) is 0 Å². The Morgan fingerprint density at radius 3 is 2.57 bits per heavy atom. The van der Waals surface area contributed by atoms with E-state index < -0.39 is 5.97 Å². The standard InChI is InChI=1S/C15H18N2O3S/c1-17(2)13(8-20-3)14-16-12(9-21-14)10-4-6-11(7-5-10)15(18)19/h4-7,9,13H,8H2,1-3H3,(H,18,19)/t13-/m0/s1. The maximum absolute atomic E-state index is 10.9. The molecule has 6 heteroatoms. The lowest BCUT2D eigenvalue weighted by molar-refractivity contribution is 0.0697. The first-order chi connectivity index (χ1) is 10.0. The Bertz CT molecular complexity index is 608. The van der Waals surface area contributed by atoms with Crippen molar-refractivity contribution >= 4 is 17.3 Å². The highest BCUT2D eigenvalue weighted by atomic mass is 32.1. The topological polar surface area (TPSA) is 62.7 Å². The Balaban J connectivity index is 2.24. The molecule has 112 valence electrons. The van der Waals surface area contributed by atoms with Gasteiger partial charge in [-0.25, -0.2) is 9.78 Å². The molecule has 1 aromatic carbocycles. The monoisotopic (exact) mass is 306 g/mol. The van der Waals surface area contributed by atoms with Crippen LogP contribution in [0.2, 0.25) is 0 Å². The predicted molar refractivity (Wildman–Crippen MR) is 82.8 cm³/mol. The number of carboxylic acids is 1. The van der Waals surface area contributed by atoms with Crippen molar-refractivity contribution < 1.29 is 14.6 Å². The van der Waals surface area contributed by atoms with Crippen LogP contribution in [-0.4, -0.2) is 48.8 Å². The molecule has 2 aromatic rings. The molecular formula is C15H18N2O3S. The number of rotatable bonds is 6. The molecule has 2 rings (SSSR count). The largest absolute Gasteiger partial charge is 0.478 e. The van der Waals surface area contributed by atoms with Crippen LogP contribution in [0.15, 0.2) is 29.6 Å². The van der Waals surface area contributed by atoms with Crippen LogP contribution in [0, 0.1) is 0 Å². The summed E-state index contributed by atoms with van der Waals surface area (Å²) in [5, 5.41) is 11.9. The quantitative estimate of drug-likeness (QED) is 0.889. The number of benzene rings is 1. The van der Waals surface area contributed by atoms with Crippen molar-refractivity contribution in [1.82, 2.24) is 9.88 Å². The highest BCUT2D eigenvalue weighted by Crippen LogP contribution is 2.28. The Labute approximate surface area is 127 Å². The number of carboxylic acid groups (broad SMARTS) is 1. The molecule has 0 fully saturated rings. The third-order valence-corrected chi connectivity index (χ3v) is 4.13. The van der Waals surface area contributed by atoms with E-state index in [4.69, 9.17) is 9.84 Å². The fourth-order valence-corrected chi connectivity index (χ4v) is 2.96. The molecule has 1 heterocycles. The Kier molecular flexibility index (Phi) is 5.06. The van der Waals surface area contributed by atoms with Crippen LogP contribution >= 0.6 is 11.3 Å². The minimum atomic E-state index is -0.923. The number of likely N-dealkylation sites (N-methyl/N-ethyl adjacent to an activating group) is 1. The minimum absolute atomic E-state index is 0.118. The lowest BCUT2D eigenvalue weighted by atomic mass is 10.1. The van der Waals surface area contributed by atoms with E-state index in [1.165, 1.54) is 0 Å². The van der Waals surface area contributed by atoms with Gasteiger partial charge in [0.1, 0.15) is 5.01 Å². The van der Waals surface area contributed by atoms with Gasteiger partial charge in [0.2, 0.25) is 0 Å². The molecule has 0 aliphatic carbocycles. The number of hydrogen-bond acceptors (Lipinski definition) is 5. The molecule has 1 N–H and O–H groups in total. The van der Waals surface area contributed by atoms with E-state index in [2.05, 4.69) is 9.88 Å². The molecule has 0 saturated carbocycles. The molecule has 0 saturated heterocycles. The molecule has 5 nitrogen and oxygen atoms in total. The normalized spacial score (nSPS) is 12.6. The summed E-state index contributed by atoms with van der Waals surface area (Å²) in [6, 6.07) is 6.86. The predicted octanol–water partition coefficient (Wildman–Crippen LogP) is 2.76. The Morgan fingerprint density at radius 1 is 1.38 bits per heavy atom. The Morgan fingerprint density at radius 2 is 2.05 bits per heavy atom. The van der Waals surface area contributed by atoms with Gasteiger partial charge in [0.25, 0.3) is 0 Å². The van der Waals surface area contributed by atoms with E-state index in [1.807, 2.05) is 19.5 Å². The first kappa shape index (κ1) is 15.6. The number of thiazole rings is 1. The first-order valence-electron chi connectivity index (χ1n) is 6.47. The smallest absolute Gasteiger partial charge is 0.335 e. The highest BCUT2D eigenvalue weighted by molar-refractivity contribution is 7.10. The zero-order chi connectivity index (χ0) is 15.4. The molecule has 1 aromatic heterocycles. The van der Waals surface area contributed by atoms with Gasteiger partial charge in [-0.05, 0) is 26.2 Å². The van der Waals surface area contributed by atoms with Crippen molar-refractivity contribution in [3.63, 3.8) is 0 Å². The van der Waals surface area contributed by atoms with Gasteiger partial charge in [-0.3, -0.25) is 4.90 Å². The molecule has 1 atom stereocenters. The van der Waals surface area contributed by atoms with Gasteiger partial charge in [-0.1, -0.05) is 12.1 Å². The fraction of sp³-hybridized carbons (Fsp3) is 0.333. The lowest BCUT2D eigenvalue weighted by Gasteiger charge is -2.20. The summed E-state index contributed by atoms with van der Waals surface area (Å²) in [6.07, 6.45) is 0. The van der Waals surface area contributed by atoms with E-state index in [0.29, 0.717) is 6.61 Å². The summed E-state index contributed by atoms with van der Waals surface area (Å²) < 4.78 is 5.24. The number of methoxy groups -OCH3 is 1. The van der Waals surface area contributed by atoms with Crippen LogP contribution < -0.4 is 0 Å². The molecule has 0 aliphatic heterocycles. The van der Waals surface area contributed by atoms with Gasteiger partial charge in [0.05, 0.1) is 23.9 Å². The van der Waals surface area contributed by atoms with Crippen LogP contribution in [0.5, 0.6) is 0 Å². The zero-order valence-electron chi connectivity index (χ0n) is 12.2. The first-order valence-corrected chi connectivity index (χ1v) is 7.35. The number of aromatic nitrogens is 1. The van der Waals surface area contributed by atoms with E-state index in [9.17, 15) is 4.79 Å². The number of carbonyl (C=O) groups is 1. The summed E-state index contributed by atoms with van der Waals surface area (Å²) >= 11 is 1.58. The number of ether oxygens (including phenoxy) is 1. The molecule has 0 aliphatic rings. The third-order valence-electron chi connectivity index (χ3n) is 3.18. The molecule has 0 unspecified atom stereocenters. The van der Waals surface area contributed by atoms with Crippen molar-refractivity contribution in [3.8, 4) is 11.3 Å². The summed E-state index contributed by atoms with van der Waals surface area (Å²) in [5.74, 6) is -0.923. The Hall–Kier alpha value is -1.76. The second-order valence-corrected chi connectivity index (χ2v) is 5.78. The summed E-state index contributed by atoms with van der Waals surface area (Å²) in [6.45, 7) is 0.581. The van der Waals surface area contributed by atoms with Crippen molar-refractivity contribution in [1.29, 1.82) is 0 Å². The maximum atomic E-state index is 10.9. The van der Waals surface area contributed by atoms with Crippen molar-refractivity contribution in [2.45, 2.75) is 6.04 Å². The van der Waals surface area contributed by atoms with Crippen molar-refractivity contribution in [2.75, 3.05) is 27.8 Å². The fourth-order valence-electron chi connectivity index (χ4n) is 1.96. The second kappa shape index (κ2) is 6.80. The molecule has 0 spiro atoms. The maximum Gasteiger partial charge on any atom is 0.335 e. The van der Waals surface area contributed by atoms with Crippen molar-refractivity contribution in [3.05, 3.63) is 40.2 Å². The molecular weight excluding hydrogens is 288 g/mol. The van der Waals surface area contributed by atoms with E-state index in [1.54, 1.807) is 42.7 Å².